The number of anilines is 1. The molecule has 2 atom stereocenters. The van der Waals surface area contributed by atoms with Crippen LogP contribution in [0.25, 0.3) is 0 Å². The molecular formula is C20H25ClFN5O3S2. The first-order valence-electron chi connectivity index (χ1n) is 10.5. The van der Waals surface area contributed by atoms with Crippen molar-refractivity contribution >= 4 is 44.7 Å². The van der Waals surface area contributed by atoms with Crippen LogP contribution in [0.3, 0.4) is 0 Å². The molecule has 1 aromatic carbocycles. The molecule has 0 spiro atoms. The molecule has 3 heterocycles. The highest BCUT2D eigenvalue weighted by Gasteiger charge is 2.43. The van der Waals surface area contributed by atoms with Gasteiger partial charge in [-0.3, -0.25) is 4.79 Å². The predicted molar refractivity (Wildman–Crippen MR) is 122 cm³/mol. The lowest BCUT2D eigenvalue weighted by atomic mass is 10.1. The number of nitrogens with zero attached hydrogens (tertiary/aromatic N) is 3. The number of carbonyl (C=O) groups is 1. The zero-order valence-electron chi connectivity index (χ0n) is 17.3. The quantitative estimate of drug-likeness (QED) is 0.608. The van der Waals surface area contributed by atoms with E-state index in [9.17, 15) is 17.6 Å². The van der Waals surface area contributed by atoms with Crippen LogP contribution >= 0.6 is 22.9 Å². The van der Waals surface area contributed by atoms with Gasteiger partial charge in [-0.2, -0.15) is 17.4 Å². The van der Waals surface area contributed by atoms with E-state index in [1.54, 1.807) is 11.6 Å². The topological polar surface area (TPSA) is 94.6 Å². The van der Waals surface area contributed by atoms with Crippen LogP contribution in [-0.2, 0) is 15.0 Å². The van der Waals surface area contributed by atoms with E-state index in [0.717, 1.165) is 38.5 Å². The van der Waals surface area contributed by atoms with E-state index in [1.807, 2.05) is 0 Å². The van der Waals surface area contributed by atoms with Crippen molar-refractivity contribution in [1.29, 1.82) is 0 Å². The van der Waals surface area contributed by atoms with Crippen molar-refractivity contribution in [3.05, 3.63) is 45.6 Å². The fourth-order valence-corrected chi connectivity index (χ4v) is 6.68. The van der Waals surface area contributed by atoms with Gasteiger partial charge in [0.2, 0.25) is 5.91 Å². The largest absolute Gasteiger partial charge is 0.325 e. The van der Waals surface area contributed by atoms with Crippen molar-refractivity contribution < 1.29 is 17.6 Å². The molecular weight excluding hydrogens is 477 g/mol. The summed E-state index contributed by atoms with van der Waals surface area (Å²) < 4.78 is 43.6. The number of halogens is 2. The average Bonchev–Trinajstić information content (AvgIpc) is 3.45. The van der Waals surface area contributed by atoms with Crippen LogP contribution in [0.4, 0.5) is 10.1 Å². The third kappa shape index (κ3) is 5.46. The molecule has 8 nitrogen and oxygen atoms in total. The highest BCUT2D eigenvalue weighted by Crippen LogP contribution is 2.31. The molecule has 174 valence electrons. The maximum absolute atomic E-state index is 13.5. The Hall–Kier alpha value is -1.63. The number of rotatable bonds is 7. The van der Waals surface area contributed by atoms with Crippen LogP contribution in [0.2, 0.25) is 5.02 Å². The Morgan fingerprint density at radius 2 is 2.09 bits per heavy atom. The predicted octanol–water partition coefficient (Wildman–Crippen LogP) is 3.01. The highest BCUT2D eigenvalue weighted by molar-refractivity contribution is 7.87. The van der Waals surface area contributed by atoms with Gasteiger partial charge < -0.3 is 10.2 Å². The first kappa shape index (κ1) is 23.5. The second kappa shape index (κ2) is 10.1. The molecule has 2 saturated heterocycles. The fourth-order valence-electron chi connectivity index (χ4n) is 4.13. The monoisotopic (exact) mass is 501 g/mol. The number of thiazole rings is 1. The lowest BCUT2D eigenvalue weighted by Gasteiger charge is -2.37. The number of amides is 1. The SMILES string of the molecule is O=C(Nc1ccc(F)c(Cl)c1)C1CC(c2nccs2)NS(=O)(=O)N1CCCN1CCCC1. The molecule has 2 N–H and O–H groups in total. The summed E-state index contributed by atoms with van der Waals surface area (Å²) in [6, 6.07) is 2.33. The molecule has 1 amide bonds. The summed E-state index contributed by atoms with van der Waals surface area (Å²) >= 11 is 7.16. The molecule has 4 rings (SSSR count). The first-order chi connectivity index (χ1) is 15.3. The summed E-state index contributed by atoms with van der Waals surface area (Å²) in [6.45, 7) is 3.04. The molecule has 2 unspecified atom stereocenters. The van der Waals surface area contributed by atoms with Gasteiger partial charge in [0.15, 0.2) is 0 Å². The molecule has 2 aliphatic heterocycles. The average molecular weight is 502 g/mol. The smallest absolute Gasteiger partial charge is 0.280 e. The van der Waals surface area contributed by atoms with Crippen LogP contribution in [0.5, 0.6) is 0 Å². The molecule has 0 saturated carbocycles. The van der Waals surface area contributed by atoms with Crippen LogP contribution in [0.15, 0.2) is 29.8 Å². The Morgan fingerprint density at radius 1 is 1.31 bits per heavy atom. The Kier molecular flexibility index (Phi) is 7.43. The van der Waals surface area contributed by atoms with Gasteiger partial charge in [-0.15, -0.1) is 11.3 Å². The van der Waals surface area contributed by atoms with Crippen molar-refractivity contribution in [2.24, 2.45) is 0 Å². The van der Waals surface area contributed by atoms with Gasteiger partial charge in [0.25, 0.3) is 10.2 Å². The van der Waals surface area contributed by atoms with Gasteiger partial charge in [0.1, 0.15) is 16.9 Å². The van der Waals surface area contributed by atoms with Gasteiger partial charge in [0.05, 0.1) is 11.1 Å². The Labute approximate surface area is 195 Å². The van der Waals surface area contributed by atoms with E-state index in [4.69, 9.17) is 11.6 Å². The van der Waals surface area contributed by atoms with Crippen LogP contribution in [-0.4, -0.2) is 60.7 Å². The van der Waals surface area contributed by atoms with E-state index < -0.39 is 34.0 Å². The number of hydrogen-bond acceptors (Lipinski definition) is 6. The number of carbonyl (C=O) groups excluding carboxylic acids is 1. The fraction of sp³-hybridized carbons (Fsp3) is 0.500. The second-order valence-corrected chi connectivity index (χ2v) is 10.9. The lowest BCUT2D eigenvalue weighted by Crippen LogP contribution is -2.58. The van der Waals surface area contributed by atoms with Crippen molar-refractivity contribution in [3.63, 3.8) is 0 Å². The Bertz CT molecular complexity index is 1050. The number of aromatic nitrogens is 1. The van der Waals surface area contributed by atoms with Crippen LogP contribution in [0.1, 0.15) is 36.7 Å². The molecule has 2 fully saturated rings. The van der Waals surface area contributed by atoms with Gasteiger partial charge in [-0.05, 0) is 63.5 Å². The summed E-state index contributed by atoms with van der Waals surface area (Å²) in [5.41, 5.74) is 0.306. The van der Waals surface area contributed by atoms with Gasteiger partial charge >= 0.3 is 0 Å². The summed E-state index contributed by atoms with van der Waals surface area (Å²) in [6.07, 6.45) is 4.77. The van der Waals surface area contributed by atoms with E-state index in [0.29, 0.717) is 17.1 Å². The van der Waals surface area contributed by atoms with Crippen molar-refractivity contribution in [3.8, 4) is 0 Å². The maximum atomic E-state index is 13.5. The zero-order chi connectivity index (χ0) is 22.7. The van der Waals surface area contributed by atoms with Crippen molar-refractivity contribution in [2.75, 3.05) is 31.5 Å². The van der Waals surface area contributed by atoms with Gasteiger partial charge in [-0.25, -0.2) is 9.37 Å². The molecule has 0 radical (unpaired) electrons. The third-order valence-corrected chi connectivity index (χ3v) is 8.51. The van der Waals surface area contributed by atoms with Crippen LogP contribution < -0.4 is 10.0 Å². The summed E-state index contributed by atoms with van der Waals surface area (Å²) in [4.78, 5) is 19.7. The highest BCUT2D eigenvalue weighted by atomic mass is 35.5. The number of benzene rings is 1. The van der Waals surface area contributed by atoms with Crippen molar-refractivity contribution in [1.82, 2.24) is 18.9 Å². The molecule has 0 bridgehead atoms. The van der Waals surface area contributed by atoms with E-state index in [2.05, 4.69) is 19.9 Å². The minimum absolute atomic E-state index is 0.121. The van der Waals surface area contributed by atoms with E-state index in [1.165, 1.54) is 27.8 Å². The molecule has 1 aromatic heterocycles. The number of hydrogen-bond donors (Lipinski definition) is 2. The number of nitrogens with one attached hydrogen (secondary N) is 2. The van der Waals surface area contributed by atoms with E-state index in [-0.39, 0.29) is 18.0 Å². The molecule has 32 heavy (non-hydrogen) atoms. The van der Waals surface area contributed by atoms with E-state index >= 15 is 0 Å². The summed E-state index contributed by atoms with van der Waals surface area (Å²) in [5, 5.41) is 4.94. The third-order valence-electron chi connectivity index (χ3n) is 5.70. The minimum Gasteiger partial charge on any atom is -0.325 e. The standard InChI is InChI=1S/C20H25ClFN5O3S2/c21-15-12-14(4-5-16(15)22)24-19(28)18-13-17(20-23-6-11-31-20)25-32(29,30)27(18)10-3-9-26-7-1-2-8-26/h4-6,11-12,17-18,25H,1-3,7-10,13H2,(H,24,28). The molecule has 2 aliphatic rings. The maximum Gasteiger partial charge on any atom is 0.280 e. The Morgan fingerprint density at radius 3 is 2.78 bits per heavy atom. The molecule has 2 aromatic rings. The number of likely N-dealkylation sites (tertiary alicyclic amines) is 1. The second-order valence-electron chi connectivity index (χ2n) is 7.93. The van der Waals surface area contributed by atoms with Crippen LogP contribution in [0, 0.1) is 5.82 Å². The van der Waals surface area contributed by atoms with Gasteiger partial charge in [0, 0.05) is 23.8 Å². The summed E-state index contributed by atoms with van der Waals surface area (Å²) in [7, 11) is -3.91. The normalized spacial score (nSPS) is 23.9. The van der Waals surface area contributed by atoms with Crippen molar-refractivity contribution in [2.45, 2.75) is 37.8 Å². The molecule has 0 aliphatic carbocycles. The van der Waals surface area contributed by atoms with Gasteiger partial charge in [-0.1, -0.05) is 11.6 Å². The zero-order valence-corrected chi connectivity index (χ0v) is 19.7. The Balaban J connectivity index is 1.53. The molecule has 12 heteroatoms. The minimum atomic E-state index is -3.91. The summed E-state index contributed by atoms with van der Waals surface area (Å²) in [5.74, 6) is -1.08. The first-order valence-corrected chi connectivity index (χ1v) is 13.2. The lowest BCUT2D eigenvalue weighted by molar-refractivity contribution is -0.120.